The Morgan fingerprint density at radius 1 is 1.22 bits per heavy atom. The van der Waals surface area contributed by atoms with E-state index in [2.05, 4.69) is 39.9 Å². The average Bonchev–Trinajstić information content (AvgIpc) is 3.03. The molecule has 0 radical (unpaired) electrons. The molecule has 2 unspecified atom stereocenters. The number of hydrogen-bond acceptors (Lipinski definition) is 4. The van der Waals surface area contributed by atoms with Gasteiger partial charge in [-0.15, -0.1) is 0 Å². The number of carbonyl (C=O) groups excluding carboxylic acids is 3. The van der Waals surface area contributed by atoms with Gasteiger partial charge in [0.05, 0.1) is 12.6 Å². The van der Waals surface area contributed by atoms with E-state index in [9.17, 15) is 27.6 Å². The van der Waals surface area contributed by atoms with E-state index in [0.717, 1.165) is 11.5 Å². The molecule has 2 N–H and O–H groups in total. The van der Waals surface area contributed by atoms with Crippen molar-refractivity contribution in [3.8, 4) is 6.07 Å². The van der Waals surface area contributed by atoms with Gasteiger partial charge in [0.15, 0.2) is 0 Å². The third kappa shape index (κ3) is 9.28. The number of hydrogen-bond donors (Lipinski definition) is 2. The molecule has 32 heavy (non-hydrogen) atoms. The highest BCUT2D eigenvalue weighted by Crippen LogP contribution is 2.61. The zero-order chi connectivity index (χ0) is 25.3. The molecule has 1 saturated heterocycles. The molecule has 182 valence electrons. The van der Waals surface area contributed by atoms with Gasteiger partial charge >= 0.3 is 12.1 Å². The first-order valence-electron chi connectivity index (χ1n) is 10.5. The van der Waals surface area contributed by atoms with E-state index in [4.69, 9.17) is 5.26 Å². The van der Waals surface area contributed by atoms with Crippen molar-refractivity contribution in [2.75, 3.05) is 19.6 Å². The summed E-state index contributed by atoms with van der Waals surface area (Å²) in [6, 6.07) is 1.47. The zero-order valence-corrected chi connectivity index (χ0v) is 19.8. The minimum atomic E-state index is -4.94. The van der Waals surface area contributed by atoms with Crippen molar-refractivity contribution >= 4 is 18.2 Å². The van der Waals surface area contributed by atoms with Crippen LogP contribution in [0.25, 0.3) is 0 Å². The lowest BCUT2D eigenvalue weighted by Gasteiger charge is -2.22. The molecular formula is C22H35F3N4O3. The molecule has 10 heteroatoms. The molecule has 0 aromatic heterocycles. The van der Waals surface area contributed by atoms with Crippen LogP contribution in [-0.2, 0) is 14.4 Å². The molecule has 2 aliphatic rings. The number of allylic oxidation sites excluding steroid dienone is 1. The number of halogens is 3. The van der Waals surface area contributed by atoms with Gasteiger partial charge in [0.25, 0.3) is 0 Å². The van der Waals surface area contributed by atoms with Crippen LogP contribution in [0.1, 0.15) is 48.5 Å². The number of rotatable bonds is 5. The van der Waals surface area contributed by atoms with Gasteiger partial charge in [0.1, 0.15) is 6.04 Å². The average molecular weight is 461 g/mol. The number of alkyl halides is 3. The maximum Gasteiger partial charge on any atom is 0.471 e. The molecule has 0 bridgehead atoms. The number of fused-ring (bicyclic) bond motifs is 1. The van der Waals surface area contributed by atoms with E-state index in [1.165, 1.54) is 4.90 Å². The Hall–Kier alpha value is -2.57. The molecule has 1 heterocycles. The highest BCUT2D eigenvalue weighted by Gasteiger charge is 2.62. The van der Waals surface area contributed by atoms with E-state index in [0.29, 0.717) is 31.3 Å². The quantitative estimate of drug-likeness (QED) is 0.486. The molecular weight excluding hydrogens is 425 g/mol. The first kappa shape index (κ1) is 29.4. The van der Waals surface area contributed by atoms with Crippen LogP contribution in [0.3, 0.4) is 0 Å². The second-order valence-electron chi connectivity index (χ2n) is 9.12. The van der Waals surface area contributed by atoms with Gasteiger partial charge in [0, 0.05) is 13.1 Å². The third-order valence-electron chi connectivity index (χ3n) is 5.41. The number of piperidine rings is 1. The predicted octanol–water partition coefficient (Wildman–Crippen LogP) is 3.03. The monoisotopic (exact) mass is 460 g/mol. The molecule has 0 spiro atoms. The largest absolute Gasteiger partial charge is 0.471 e. The summed E-state index contributed by atoms with van der Waals surface area (Å²) < 4.78 is 35.7. The number of carbonyl (C=O) groups is 3. The summed E-state index contributed by atoms with van der Waals surface area (Å²) in [7, 11) is 0. The van der Waals surface area contributed by atoms with Crippen molar-refractivity contribution in [3.63, 3.8) is 0 Å². The minimum Gasteiger partial charge on any atom is -0.341 e. The molecule has 0 aromatic rings. The Balaban J connectivity index is 0.000000581. The summed E-state index contributed by atoms with van der Waals surface area (Å²) in [4.78, 5) is 33.6. The van der Waals surface area contributed by atoms with Crippen LogP contribution in [0.15, 0.2) is 11.6 Å². The standard InChI is InChI=1S/C11H15F3N2O2.C7H10N2O.C4H10/c1-10(2)6-4-16(5-7(6)10)8(17)3-15-9(18)11(12,13)14;1-3-6(2)7(4-8)9-5-10;1-4(2)3/h6-7H,3-5H2,1-2H3,(H,15,18);3,5,7H,1-2H3,(H,9,10);4H,1-3H3/b;6-3+;/t6-,7?;;/m1../s1. The lowest BCUT2D eigenvalue weighted by molar-refractivity contribution is -0.174. The smallest absolute Gasteiger partial charge is 0.341 e. The Morgan fingerprint density at radius 2 is 1.69 bits per heavy atom. The van der Waals surface area contributed by atoms with E-state index in [1.807, 2.05) is 13.0 Å². The number of amides is 3. The van der Waals surface area contributed by atoms with E-state index < -0.39 is 30.6 Å². The first-order valence-corrected chi connectivity index (χ1v) is 10.5. The van der Waals surface area contributed by atoms with E-state index in [1.54, 1.807) is 18.3 Å². The molecule has 0 aromatic carbocycles. The van der Waals surface area contributed by atoms with Crippen LogP contribution in [0.2, 0.25) is 0 Å². The van der Waals surface area contributed by atoms with Gasteiger partial charge in [-0.25, -0.2) is 0 Å². The summed E-state index contributed by atoms with van der Waals surface area (Å²) >= 11 is 0. The van der Waals surface area contributed by atoms with Gasteiger partial charge in [-0.3, -0.25) is 14.4 Å². The van der Waals surface area contributed by atoms with E-state index >= 15 is 0 Å². The Morgan fingerprint density at radius 3 is 2.03 bits per heavy atom. The normalized spacial score (nSPS) is 21.6. The predicted molar refractivity (Wildman–Crippen MR) is 115 cm³/mol. The number of nitrogens with one attached hydrogen (secondary N) is 2. The molecule has 2 rings (SSSR count). The topological polar surface area (TPSA) is 102 Å². The Kier molecular flexibility index (Phi) is 11.5. The maximum atomic E-state index is 11.9. The highest BCUT2D eigenvalue weighted by atomic mass is 19.4. The minimum absolute atomic E-state index is 0.242. The van der Waals surface area contributed by atoms with Crippen molar-refractivity contribution in [2.24, 2.45) is 23.2 Å². The molecule has 1 saturated carbocycles. The Bertz CT molecular complexity index is 710. The second-order valence-corrected chi connectivity index (χ2v) is 9.12. The number of nitriles is 1. The molecule has 3 atom stereocenters. The SMILES string of the molecule is C/C=C(\C)C(C#N)NC=O.CC(C)C.CC1(C)C2CN(C(=O)CNC(=O)C(F)(F)F)C[C@H]21. The van der Waals surface area contributed by atoms with Crippen LogP contribution in [0.4, 0.5) is 13.2 Å². The highest BCUT2D eigenvalue weighted by molar-refractivity contribution is 5.87. The van der Waals surface area contributed by atoms with E-state index in [-0.39, 0.29) is 5.41 Å². The summed E-state index contributed by atoms with van der Waals surface area (Å²) in [5, 5.41) is 12.4. The first-order chi connectivity index (χ1) is 14.6. The molecule has 1 aliphatic carbocycles. The fourth-order valence-corrected chi connectivity index (χ4v) is 3.21. The third-order valence-corrected chi connectivity index (χ3v) is 5.41. The lowest BCUT2D eigenvalue weighted by Crippen LogP contribution is -2.44. The fraction of sp³-hybridized carbons (Fsp3) is 0.727. The van der Waals surface area contributed by atoms with Crippen LogP contribution >= 0.6 is 0 Å². The van der Waals surface area contributed by atoms with Crippen LogP contribution < -0.4 is 10.6 Å². The molecule has 2 fully saturated rings. The van der Waals surface area contributed by atoms with Gasteiger partial charge < -0.3 is 15.5 Å². The second kappa shape index (κ2) is 12.5. The van der Waals surface area contributed by atoms with Crippen molar-refractivity contribution in [1.82, 2.24) is 15.5 Å². The van der Waals surface area contributed by atoms with Gasteiger partial charge in [-0.05, 0) is 42.6 Å². The molecule has 1 aliphatic heterocycles. The summed E-state index contributed by atoms with van der Waals surface area (Å²) in [5.74, 6) is -0.796. The fourth-order valence-electron chi connectivity index (χ4n) is 3.21. The van der Waals surface area contributed by atoms with Gasteiger partial charge in [-0.1, -0.05) is 40.7 Å². The van der Waals surface area contributed by atoms with Crippen LogP contribution in [0.5, 0.6) is 0 Å². The van der Waals surface area contributed by atoms with Crippen molar-refractivity contribution in [3.05, 3.63) is 11.6 Å². The number of likely N-dealkylation sites (tertiary alicyclic amines) is 1. The van der Waals surface area contributed by atoms with Crippen molar-refractivity contribution < 1.29 is 27.6 Å². The van der Waals surface area contributed by atoms with Crippen LogP contribution in [0, 0.1) is 34.5 Å². The van der Waals surface area contributed by atoms with Crippen molar-refractivity contribution in [2.45, 2.75) is 60.7 Å². The van der Waals surface area contributed by atoms with Gasteiger partial charge in [-0.2, -0.15) is 18.4 Å². The molecule has 3 amide bonds. The van der Waals surface area contributed by atoms with Gasteiger partial charge in [0.2, 0.25) is 12.3 Å². The summed E-state index contributed by atoms with van der Waals surface area (Å²) in [6.07, 6.45) is -2.61. The number of nitrogens with zero attached hydrogens (tertiary/aromatic N) is 2. The molecule has 7 nitrogen and oxygen atoms in total. The maximum absolute atomic E-state index is 11.9. The summed E-state index contributed by atoms with van der Waals surface area (Å²) in [5.41, 5.74) is 1.10. The Labute approximate surface area is 188 Å². The van der Waals surface area contributed by atoms with Crippen LogP contribution in [-0.4, -0.2) is 55.0 Å². The zero-order valence-electron chi connectivity index (χ0n) is 19.8. The summed E-state index contributed by atoms with van der Waals surface area (Å²) in [6.45, 7) is 14.9. The van der Waals surface area contributed by atoms with Crippen molar-refractivity contribution in [1.29, 1.82) is 5.26 Å². The lowest BCUT2D eigenvalue weighted by atomic mass is 10.1.